The topological polar surface area (TPSA) is 123 Å². The maximum atomic E-state index is 12.8. The third kappa shape index (κ3) is 8.39. The van der Waals surface area contributed by atoms with E-state index in [-0.39, 0.29) is 27.9 Å². The molecule has 1 aromatic carbocycles. The van der Waals surface area contributed by atoms with E-state index in [4.69, 9.17) is 21.4 Å². The van der Waals surface area contributed by atoms with Crippen molar-refractivity contribution in [2.24, 2.45) is 5.92 Å². The van der Waals surface area contributed by atoms with Gasteiger partial charge in [-0.05, 0) is 50.8 Å². The molecule has 2 atom stereocenters. The van der Waals surface area contributed by atoms with Crippen LogP contribution in [-0.2, 0) is 11.2 Å². The van der Waals surface area contributed by atoms with Crippen molar-refractivity contribution in [3.63, 3.8) is 0 Å². The zero-order chi connectivity index (χ0) is 31.6. The summed E-state index contributed by atoms with van der Waals surface area (Å²) in [5.41, 5.74) is -0.504. The number of benzene rings is 1. The van der Waals surface area contributed by atoms with Crippen LogP contribution in [0.25, 0.3) is 12.2 Å². The summed E-state index contributed by atoms with van der Waals surface area (Å²) in [6.45, 7) is 5.85. The Morgan fingerprint density at radius 3 is 2.58 bits per heavy atom. The number of ketones is 1. The zero-order valence-electron chi connectivity index (χ0n) is 25.2. The Labute approximate surface area is 257 Å². The Hall–Kier alpha value is -3.82. The Morgan fingerprint density at radius 1 is 1.16 bits per heavy atom. The van der Waals surface area contributed by atoms with Gasteiger partial charge in [0, 0.05) is 22.4 Å². The number of rotatable bonds is 15. The molecule has 1 heterocycles. The molecule has 0 aliphatic heterocycles. The quantitative estimate of drug-likeness (QED) is 0.0970. The van der Waals surface area contributed by atoms with Crippen molar-refractivity contribution in [3.05, 3.63) is 80.2 Å². The molecule has 0 bridgehead atoms. The predicted octanol–water partition coefficient (Wildman–Crippen LogP) is 4.74. The minimum absolute atomic E-state index is 0.0107. The Kier molecular flexibility index (Phi) is 12.2. The number of phenols is 1. The van der Waals surface area contributed by atoms with Crippen LogP contribution in [0.5, 0.6) is 11.5 Å². The SMILES string of the molecule is CCCC[C@@](O)(C/C=C/C=C\CCOc1ccc(C(C)=O)c(O)c1CCC)[C@@H]1C=c2c(=O)cc(C(=O)OC)oc2=CC1=S. The van der Waals surface area contributed by atoms with E-state index in [1.807, 2.05) is 38.2 Å². The van der Waals surface area contributed by atoms with Gasteiger partial charge in [-0.3, -0.25) is 9.59 Å². The van der Waals surface area contributed by atoms with Crippen LogP contribution in [0.4, 0.5) is 0 Å². The summed E-state index contributed by atoms with van der Waals surface area (Å²) in [6, 6.07) is 4.41. The van der Waals surface area contributed by atoms with Crippen molar-refractivity contribution < 1.29 is 33.7 Å². The summed E-state index contributed by atoms with van der Waals surface area (Å²) in [5.74, 6) is -1.17. The number of hydrogen-bond acceptors (Lipinski definition) is 9. The zero-order valence-corrected chi connectivity index (χ0v) is 26.0. The molecule has 9 heteroatoms. The molecule has 1 aliphatic carbocycles. The second kappa shape index (κ2) is 15.6. The van der Waals surface area contributed by atoms with Crippen molar-refractivity contribution in [3.8, 4) is 11.5 Å². The van der Waals surface area contributed by atoms with Crippen molar-refractivity contribution >= 4 is 41.0 Å². The Bertz CT molecular complexity index is 1580. The fourth-order valence-corrected chi connectivity index (χ4v) is 5.43. The maximum Gasteiger partial charge on any atom is 0.374 e. The van der Waals surface area contributed by atoms with E-state index in [0.717, 1.165) is 25.3 Å². The number of phenolic OH excluding ortho intramolecular Hbond substituents is 1. The third-order valence-electron chi connectivity index (χ3n) is 7.37. The highest BCUT2D eigenvalue weighted by Gasteiger charge is 2.37. The van der Waals surface area contributed by atoms with Gasteiger partial charge in [-0.2, -0.15) is 0 Å². The van der Waals surface area contributed by atoms with Gasteiger partial charge in [-0.15, -0.1) is 0 Å². The molecular weight excluding hydrogens is 568 g/mol. The summed E-state index contributed by atoms with van der Waals surface area (Å²) in [7, 11) is 1.20. The molecule has 0 radical (unpaired) electrons. The minimum Gasteiger partial charge on any atom is -0.507 e. The number of hydrogen-bond donors (Lipinski definition) is 2. The summed E-state index contributed by atoms with van der Waals surface area (Å²) in [6.07, 6.45) is 15.2. The van der Waals surface area contributed by atoms with Crippen molar-refractivity contribution in [2.45, 2.75) is 71.3 Å². The number of esters is 1. The second-order valence-corrected chi connectivity index (χ2v) is 11.1. The molecule has 43 heavy (non-hydrogen) atoms. The standard InChI is InChI=1S/C34H40O8S/c1-5-7-16-34(39,26-19-25-27(36)20-30(33(38)40-4)42-29(25)21-31(26)43)17-11-9-8-10-12-18-41-28-15-14-23(22(3)35)32(37)24(28)13-6-2/h8-11,14-15,19-21,26,37,39H,5-7,12-13,16-18H2,1-4H3/b10-8-,11-9+/t26-,34-/m1/s1. The number of carbonyl (C=O) groups is 2. The predicted molar refractivity (Wildman–Crippen MR) is 170 cm³/mol. The van der Waals surface area contributed by atoms with Crippen LogP contribution in [0.15, 0.2) is 51.7 Å². The van der Waals surface area contributed by atoms with Gasteiger partial charge in [0.15, 0.2) is 11.2 Å². The lowest BCUT2D eigenvalue weighted by Crippen LogP contribution is -2.49. The van der Waals surface area contributed by atoms with E-state index < -0.39 is 22.9 Å². The van der Waals surface area contributed by atoms with Gasteiger partial charge in [0.1, 0.15) is 16.9 Å². The molecule has 0 saturated carbocycles. The van der Waals surface area contributed by atoms with E-state index in [1.165, 1.54) is 20.1 Å². The van der Waals surface area contributed by atoms with Crippen LogP contribution in [0, 0.1) is 5.92 Å². The van der Waals surface area contributed by atoms with Gasteiger partial charge in [-0.25, -0.2) is 4.79 Å². The van der Waals surface area contributed by atoms with Gasteiger partial charge >= 0.3 is 5.97 Å². The third-order valence-corrected chi connectivity index (χ3v) is 7.74. The summed E-state index contributed by atoms with van der Waals surface area (Å²) >= 11 is 5.62. The van der Waals surface area contributed by atoms with Crippen LogP contribution in [0.1, 0.15) is 85.8 Å². The Morgan fingerprint density at radius 2 is 1.91 bits per heavy atom. The Balaban J connectivity index is 1.68. The molecule has 0 saturated heterocycles. The van der Waals surface area contributed by atoms with Gasteiger partial charge in [0.25, 0.3) is 0 Å². The van der Waals surface area contributed by atoms with Gasteiger partial charge in [0.05, 0.1) is 30.1 Å². The lowest BCUT2D eigenvalue weighted by atomic mass is 9.77. The minimum atomic E-state index is -1.22. The summed E-state index contributed by atoms with van der Waals surface area (Å²) < 4.78 is 16.1. The van der Waals surface area contributed by atoms with Crippen LogP contribution in [0.2, 0.25) is 0 Å². The van der Waals surface area contributed by atoms with Gasteiger partial charge in [-0.1, -0.05) is 75.7 Å². The number of aliphatic hydroxyl groups is 1. The lowest BCUT2D eigenvalue weighted by molar-refractivity contribution is 0.0191. The van der Waals surface area contributed by atoms with Crippen molar-refractivity contribution in [2.75, 3.05) is 13.7 Å². The second-order valence-electron chi connectivity index (χ2n) is 10.6. The molecule has 0 unspecified atom stereocenters. The first-order valence-corrected chi connectivity index (χ1v) is 15.0. The lowest BCUT2D eigenvalue weighted by Gasteiger charge is -2.34. The highest BCUT2D eigenvalue weighted by Crippen LogP contribution is 2.34. The molecule has 230 valence electrons. The van der Waals surface area contributed by atoms with Gasteiger partial charge < -0.3 is 24.1 Å². The normalized spacial score (nSPS) is 15.9. The van der Waals surface area contributed by atoms with E-state index in [2.05, 4.69) is 4.74 Å². The number of thiocarbonyl (C=S) groups is 1. The van der Waals surface area contributed by atoms with Crippen molar-refractivity contribution in [1.29, 1.82) is 0 Å². The number of carbonyl (C=O) groups excluding carboxylic acids is 2. The summed E-state index contributed by atoms with van der Waals surface area (Å²) in [5, 5.41) is 22.5. The number of ether oxygens (including phenoxy) is 2. The van der Waals surface area contributed by atoms with Crippen LogP contribution >= 0.6 is 12.2 Å². The molecular formula is C34H40O8S. The number of fused-ring (bicyclic) bond motifs is 1. The monoisotopic (exact) mass is 608 g/mol. The molecule has 8 nitrogen and oxygen atoms in total. The first-order valence-electron chi connectivity index (χ1n) is 14.6. The van der Waals surface area contributed by atoms with Gasteiger partial charge in [0.2, 0.25) is 5.76 Å². The van der Waals surface area contributed by atoms with E-state index in [1.54, 1.807) is 18.2 Å². The molecule has 1 aromatic heterocycles. The number of unbranched alkanes of at least 4 members (excludes halogenated alkanes) is 1. The fraction of sp³-hybridized carbons (Fsp3) is 0.412. The highest BCUT2D eigenvalue weighted by atomic mass is 32.1. The van der Waals surface area contributed by atoms with Crippen LogP contribution < -0.4 is 20.8 Å². The average molecular weight is 609 g/mol. The number of allylic oxidation sites excluding steroid dienone is 2. The van der Waals surface area contributed by atoms with E-state index >= 15 is 0 Å². The maximum absolute atomic E-state index is 12.8. The van der Waals surface area contributed by atoms with E-state index in [0.29, 0.717) is 54.0 Å². The van der Waals surface area contributed by atoms with Crippen LogP contribution in [-0.4, -0.2) is 46.1 Å². The molecule has 0 amide bonds. The molecule has 2 aromatic rings. The number of methoxy groups -OCH3 is 1. The highest BCUT2D eigenvalue weighted by molar-refractivity contribution is 7.81. The average Bonchev–Trinajstić information content (AvgIpc) is 2.97. The first kappa shape index (κ1) is 33.7. The van der Waals surface area contributed by atoms with Crippen molar-refractivity contribution in [1.82, 2.24) is 0 Å². The first-order chi connectivity index (χ1) is 20.6. The summed E-state index contributed by atoms with van der Waals surface area (Å²) in [4.78, 5) is 36.8. The molecule has 0 fully saturated rings. The van der Waals surface area contributed by atoms with Crippen LogP contribution in [0.3, 0.4) is 0 Å². The molecule has 2 N–H and O–H groups in total. The molecule has 0 spiro atoms. The fourth-order valence-electron chi connectivity index (χ4n) is 5.04. The largest absolute Gasteiger partial charge is 0.507 e. The number of aromatic hydroxyl groups is 1. The number of Topliss-reactive ketones (excluding diaryl/α,β-unsaturated/α-hetero) is 1. The molecule has 3 rings (SSSR count). The smallest absolute Gasteiger partial charge is 0.374 e. The van der Waals surface area contributed by atoms with E-state index in [9.17, 15) is 24.6 Å². The molecule has 1 aliphatic rings.